The van der Waals surface area contributed by atoms with E-state index in [4.69, 9.17) is 14.5 Å². The summed E-state index contributed by atoms with van der Waals surface area (Å²) >= 11 is 0. The van der Waals surface area contributed by atoms with Crippen molar-refractivity contribution in [1.82, 2.24) is 9.97 Å². The van der Waals surface area contributed by atoms with Gasteiger partial charge in [-0.25, -0.2) is 4.98 Å². The molecule has 4 aromatic carbocycles. The van der Waals surface area contributed by atoms with Crippen molar-refractivity contribution in [2.45, 2.75) is 6.04 Å². The van der Waals surface area contributed by atoms with Crippen LogP contribution in [0, 0.1) is 0 Å². The standard InChI is InChI=1S/C37H25N3O2/c1-4-15-33-25(9-1)17-18-26-19-20-29(41-27-10-7-11-28(23-27)42-35-16-5-6-21-38-35)24-34(26)40(33)37-32-13-3-2-12-30(32)31-14-8-22-39-36(31)37/h1-24,37H. The highest BCUT2D eigenvalue weighted by Crippen LogP contribution is 2.52. The van der Waals surface area contributed by atoms with Crippen molar-refractivity contribution >= 4 is 23.5 Å². The first-order chi connectivity index (χ1) is 20.8. The first-order valence-electron chi connectivity index (χ1n) is 13.9. The summed E-state index contributed by atoms with van der Waals surface area (Å²) in [5.41, 5.74) is 9.10. The second kappa shape index (κ2) is 10.1. The minimum Gasteiger partial charge on any atom is -0.457 e. The molecule has 0 bridgehead atoms. The molecule has 0 saturated heterocycles. The number of hydrogen-bond donors (Lipinski definition) is 0. The molecule has 1 atom stereocenters. The summed E-state index contributed by atoms with van der Waals surface area (Å²) in [6.45, 7) is 0. The highest BCUT2D eigenvalue weighted by atomic mass is 16.5. The smallest absolute Gasteiger partial charge is 0.219 e. The Labute approximate surface area is 244 Å². The Morgan fingerprint density at radius 2 is 1.26 bits per heavy atom. The summed E-state index contributed by atoms with van der Waals surface area (Å²) in [5.74, 6) is 2.60. The van der Waals surface area contributed by atoms with Crippen LogP contribution in [0.4, 0.5) is 11.4 Å². The minimum atomic E-state index is -0.0949. The second-order valence-electron chi connectivity index (χ2n) is 10.3. The number of para-hydroxylation sites is 1. The molecule has 2 aromatic heterocycles. The molecule has 0 fully saturated rings. The van der Waals surface area contributed by atoms with Crippen LogP contribution in [0.2, 0.25) is 0 Å². The van der Waals surface area contributed by atoms with Crippen LogP contribution in [0.15, 0.2) is 134 Å². The minimum absolute atomic E-state index is 0.0949. The van der Waals surface area contributed by atoms with Gasteiger partial charge in [-0.05, 0) is 64.7 Å². The van der Waals surface area contributed by atoms with Crippen LogP contribution >= 0.6 is 0 Å². The largest absolute Gasteiger partial charge is 0.457 e. The highest BCUT2D eigenvalue weighted by Gasteiger charge is 2.37. The normalized spacial score (nSPS) is 14.3. The Balaban J connectivity index is 1.23. The number of ether oxygens (including phenoxy) is 2. The van der Waals surface area contributed by atoms with E-state index in [-0.39, 0.29) is 6.04 Å². The van der Waals surface area contributed by atoms with Crippen molar-refractivity contribution in [2.75, 3.05) is 4.90 Å². The molecule has 2 aliphatic rings. The summed E-state index contributed by atoms with van der Waals surface area (Å²) in [6.07, 6.45) is 7.97. The first kappa shape index (κ1) is 24.1. The predicted molar refractivity (Wildman–Crippen MR) is 166 cm³/mol. The Morgan fingerprint density at radius 3 is 2.17 bits per heavy atom. The number of nitrogens with zero attached hydrogens (tertiary/aromatic N) is 3. The van der Waals surface area contributed by atoms with Gasteiger partial charge in [0.25, 0.3) is 0 Å². The third-order valence-corrected chi connectivity index (χ3v) is 7.70. The quantitative estimate of drug-likeness (QED) is 0.217. The average Bonchev–Trinajstić information content (AvgIpc) is 3.27. The van der Waals surface area contributed by atoms with E-state index in [0.29, 0.717) is 17.4 Å². The monoisotopic (exact) mass is 543 g/mol. The second-order valence-corrected chi connectivity index (χ2v) is 10.3. The molecule has 8 rings (SSSR count). The fourth-order valence-corrected chi connectivity index (χ4v) is 5.89. The van der Waals surface area contributed by atoms with Crippen LogP contribution in [0.1, 0.15) is 28.4 Å². The van der Waals surface area contributed by atoms with Gasteiger partial charge in [0, 0.05) is 41.8 Å². The molecular weight excluding hydrogens is 518 g/mol. The van der Waals surface area contributed by atoms with Crippen molar-refractivity contribution in [1.29, 1.82) is 0 Å². The van der Waals surface area contributed by atoms with Crippen molar-refractivity contribution in [2.24, 2.45) is 0 Å². The lowest BCUT2D eigenvalue weighted by atomic mass is 10.0. The number of fused-ring (bicyclic) bond motifs is 5. The van der Waals surface area contributed by atoms with E-state index >= 15 is 0 Å². The van der Waals surface area contributed by atoms with Gasteiger partial charge < -0.3 is 14.4 Å². The summed E-state index contributed by atoms with van der Waals surface area (Å²) < 4.78 is 12.4. The van der Waals surface area contributed by atoms with Crippen LogP contribution in [0.25, 0.3) is 23.3 Å². The lowest BCUT2D eigenvalue weighted by Gasteiger charge is -2.33. The van der Waals surface area contributed by atoms with E-state index < -0.39 is 0 Å². The summed E-state index contributed by atoms with van der Waals surface area (Å²) in [6, 6.07) is 40.7. The van der Waals surface area contributed by atoms with Gasteiger partial charge in [0.2, 0.25) is 5.88 Å². The van der Waals surface area contributed by atoms with Gasteiger partial charge in [0.05, 0.1) is 11.4 Å². The van der Waals surface area contributed by atoms with Gasteiger partial charge in [-0.15, -0.1) is 0 Å². The molecule has 0 N–H and O–H groups in total. The van der Waals surface area contributed by atoms with E-state index in [0.717, 1.165) is 33.9 Å². The highest BCUT2D eigenvalue weighted by molar-refractivity contribution is 5.92. The van der Waals surface area contributed by atoms with E-state index in [1.165, 1.54) is 16.7 Å². The maximum absolute atomic E-state index is 6.43. The maximum Gasteiger partial charge on any atom is 0.219 e. The third kappa shape index (κ3) is 4.19. The molecule has 0 radical (unpaired) electrons. The van der Waals surface area contributed by atoms with E-state index in [1.807, 2.05) is 60.8 Å². The predicted octanol–water partition coefficient (Wildman–Crippen LogP) is 9.45. The van der Waals surface area contributed by atoms with Crippen molar-refractivity contribution in [3.8, 4) is 34.3 Å². The number of anilines is 2. The molecule has 42 heavy (non-hydrogen) atoms. The molecule has 1 unspecified atom stereocenters. The zero-order valence-electron chi connectivity index (χ0n) is 22.6. The zero-order chi connectivity index (χ0) is 27.9. The molecule has 3 heterocycles. The van der Waals surface area contributed by atoms with Gasteiger partial charge in [-0.1, -0.05) is 72.8 Å². The first-order valence-corrected chi connectivity index (χ1v) is 13.9. The summed E-state index contributed by atoms with van der Waals surface area (Å²) in [4.78, 5) is 11.6. The molecule has 0 amide bonds. The average molecular weight is 544 g/mol. The SMILES string of the molecule is C1=Cc2ccc(Oc3cccc(Oc4ccccn4)c3)cc2N(C2c3ccccc3-c3cccnc32)c2ccccc21. The van der Waals surface area contributed by atoms with Crippen LogP contribution < -0.4 is 14.4 Å². The number of pyridine rings is 2. The molecule has 5 heteroatoms. The molecule has 0 spiro atoms. The summed E-state index contributed by atoms with van der Waals surface area (Å²) in [7, 11) is 0. The van der Waals surface area contributed by atoms with E-state index in [1.54, 1.807) is 6.20 Å². The van der Waals surface area contributed by atoms with Crippen LogP contribution in [0.5, 0.6) is 23.1 Å². The fraction of sp³-hybridized carbons (Fsp3) is 0.0270. The zero-order valence-corrected chi connectivity index (χ0v) is 22.6. The molecular formula is C37H25N3O2. The van der Waals surface area contributed by atoms with Crippen LogP contribution in [0.3, 0.4) is 0 Å². The Bertz CT molecular complexity index is 1920. The van der Waals surface area contributed by atoms with Gasteiger partial charge in [0.15, 0.2) is 0 Å². The molecule has 1 aliphatic carbocycles. The Hall–Kier alpha value is -5.68. The van der Waals surface area contributed by atoms with Crippen LogP contribution in [-0.4, -0.2) is 9.97 Å². The van der Waals surface area contributed by atoms with Gasteiger partial charge in [-0.2, -0.15) is 0 Å². The van der Waals surface area contributed by atoms with E-state index in [2.05, 4.69) is 88.8 Å². The molecule has 5 nitrogen and oxygen atoms in total. The number of benzene rings is 4. The fourth-order valence-electron chi connectivity index (χ4n) is 5.89. The van der Waals surface area contributed by atoms with Crippen LogP contribution in [-0.2, 0) is 0 Å². The lowest BCUT2D eigenvalue weighted by Crippen LogP contribution is -2.25. The lowest BCUT2D eigenvalue weighted by molar-refractivity contribution is 0.449. The number of aromatic nitrogens is 2. The van der Waals surface area contributed by atoms with Gasteiger partial charge >= 0.3 is 0 Å². The van der Waals surface area contributed by atoms with Gasteiger partial charge in [0.1, 0.15) is 23.3 Å². The molecule has 0 saturated carbocycles. The maximum atomic E-state index is 6.43. The third-order valence-electron chi connectivity index (χ3n) is 7.70. The Kier molecular flexibility index (Phi) is 5.78. The number of rotatable bonds is 5. The molecule has 6 aromatic rings. The van der Waals surface area contributed by atoms with Crippen molar-refractivity contribution in [3.63, 3.8) is 0 Å². The van der Waals surface area contributed by atoms with Crippen molar-refractivity contribution in [3.05, 3.63) is 156 Å². The molecule has 1 aliphatic heterocycles. The number of hydrogen-bond acceptors (Lipinski definition) is 5. The summed E-state index contributed by atoms with van der Waals surface area (Å²) in [5, 5.41) is 0. The van der Waals surface area contributed by atoms with Gasteiger partial charge in [-0.3, -0.25) is 4.98 Å². The Morgan fingerprint density at radius 1 is 0.524 bits per heavy atom. The topological polar surface area (TPSA) is 47.5 Å². The van der Waals surface area contributed by atoms with Crippen molar-refractivity contribution < 1.29 is 9.47 Å². The molecule has 200 valence electrons. The van der Waals surface area contributed by atoms with E-state index in [9.17, 15) is 0 Å².